The highest BCUT2D eigenvalue weighted by molar-refractivity contribution is 7.86. The Balaban J connectivity index is 1.43. The summed E-state index contributed by atoms with van der Waals surface area (Å²) in [7, 11) is -4.70. The Morgan fingerprint density at radius 1 is 0.854 bits per heavy atom. The summed E-state index contributed by atoms with van der Waals surface area (Å²) in [6, 6.07) is 24.1. The first-order valence-corrected chi connectivity index (χ1v) is 15.6. The number of hydrogen-bond acceptors (Lipinski definition) is 10. The van der Waals surface area contributed by atoms with Crippen LogP contribution in [-0.2, 0) is 21.5 Å². The predicted octanol–water partition coefficient (Wildman–Crippen LogP) is 6.84. The number of nitrogens with zero attached hydrogens (tertiary/aromatic N) is 2. The molecule has 48 heavy (non-hydrogen) atoms. The molecule has 0 atom stereocenters. The van der Waals surface area contributed by atoms with Crippen LogP contribution in [0.5, 0.6) is 11.5 Å². The van der Waals surface area contributed by atoms with Gasteiger partial charge in [-0.15, -0.1) is 10.2 Å². The van der Waals surface area contributed by atoms with E-state index in [-0.39, 0.29) is 29.3 Å². The summed E-state index contributed by atoms with van der Waals surface area (Å²) in [4.78, 5) is 37.4. The SMILES string of the molecule is Cc1ccc(N=Nc2c(OC(=O)c3ccc(OC(=O)C=Cc4ccc(CO)cc4)cc3)c(C(=O)O)cc3ccccc23)c(S(=O)(=O)O)c1. The van der Waals surface area contributed by atoms with Crippen LogP contribution in [0.2, 0.25) is 0 Å². The maximum atomic E-state index is 13.3. The fraction of sp³-hybridized carbons (Fsp3) is 0.0571. The van der Waals surface area contributed by atoms with Gasteiger partial charge in [-0.25, -0.2) is 14.4 Å². The fourth-order valence-electron chi connectivity index (χ4n) is 4.54. The molecule has 5 aromatic rings. The summed E-state index contributed by atoms with van der Waals surface area (Å²) in [6.45, 7) is 1.52. The van der Waals surface area contributed by atoms with Crippen molar-refractivity contribution in [3.05, 3.63) is 131 Å². The van der Waals surface area contributed by atoms with Gasteiger partial charge in [-0.05, 0) is 77.5 Å². The van der Waals surface area contributed by atoms with E-state index < -0.39 is 44.2 Å². The molecular weight excluding hydrogens is 640 g/mol. The zero-order valence-electron chi connectivity index (χ0n) is 25.1. The second kappa shape index (κ2) is 14.2. The number of aliphatic hydroxyl groups excluding tert-OH is 1. The maximum absolute atomic E-state index is 13.3. The zero-order valence-corrected chi connectivity index (χ0v) is 25.9. The van der Waals surface area contributed by atoms with Gasteiger partial charge in [-0.3, -0.25) is 4.55 Å². The normalized spacial score (nSPS) is 11.6. The van der Waals surface area contributed by atoms with Crippen molar-refractivity contribution >= 4 is 56.2 Å². The number of esters is 2. The number of carbonyl (C=O) groups excluding carboxylic acids is 2. The lowest BCUT2D eigenvalue weighted by Crippen LogP contribution is -2.12. The highest BCUT2D eigenvalue weighted by Crippen LogP contribution is 2.41. The molecule has 0 radical (unpaired) electrons. The molecule has 242 valence electrons. The lowest BCUT2D eigenvalue weighted by molar-refractivity contribution is -0.128. The van der Waals surface area contributed by atoms with E-state index in [1.165, 1.54) is 54.6 Å². The topological polar surface area (TPSA) is 189 Å². The highest BCUT2D eigenvalue weighted by atomic mass is 32.2. The van der Waals surface area contributed by atoms with Crippen LogP contribution in [0.4, 0.5) is 11.4 Å². The number of carbonyl (C=O) groups is 3. The third-order valence-electron chi connectivity index (χ3n) is 6.93. The zero-order chi connectivity index (χ0) is 34.4. The molecule has 3 N–H and O–H groups in total. The van der Waals surface area contributed by atoms with Gasteiger partial charge in [-0.1, -0.05) is 54.6 Å². The molecule has 0 aliphatic carbocycles. The second-order valence-electron chi connectivity index (χ2n) is 10.3. The molecule has 0 amide bonds. The lowest BCUT2D eigenvalue weighted by atomic mass is 10.0. The van der Waals surface area contributed by atoms with Crippen LogP contribution < -0.4 is 9.47 Å². The van der Waals surface area contributed by atoms with Crippen molar-refractivity contribution in [1.29, 1.82) is 0 Å². The third-order valence-corrected chi connectivity index (χ3v) is 7.82. The van der Waals surface area contributed by atoms with Gasteiger partial charge in [0, 0.05) is 11.5 Å². The van der Waals surface area contributed by atoms with Crippen molar-refractivity contribution in [3.8, 4) is 11.5 Å². The minimum absolute atomic E-state index is 0.0195. The lowest BCUT2D eigenvalue weighted by Gasteiger charge is -2.13. The Morgan fingerprint density at radius 2 is 1.56 bits per heavy atom. The van der Waals surface area contributed by atoms with E-state index in [1.807, 2.05) is 0 Å². The number of azo groups is 1. The van der Waals surface area contributed by atoms with E-state index in [0.717, 1.165) is 5.56 Å². The van der Waals surface area contributed by atoms with Crippen molar-refractivity contribution in [2.45, 2.75) is 18.4 Å². The molecule has 0 bridgehead atoms. The van der Waals surface area contributed by atoms with Gasteiger partial charge < -0.3 is 19.7 Å². The molecule has 5 rings (SSSR count). The molecule has 0 heterocycles. The summed E-state index contributed by atoms with van der Waals surface area (Å²) in [5.74, 6) is -3.42. The smallest absolute Gasteiger partial charge is 0.343 e. The average Bonchev–Trinajstić information content (AvgIpc) is 3.07. The predicted molar refractivity (Wildman–Crippen MR) is 175 cm³/mol. The minimum Gasteiger partial charge on any atom is -0.478 e. The molecule has 0 fully saturated rings. The van der Waals surface area contributed by atoms with Crippen LogP contribution >= 0.6 is 0 Å². The second-order valence-corrected chi connectivity index (χ2v) is 11.7. The Morgan fingerprint density at radius 3 is 2.23 bits per heavy atom. The molecule has 12 nitrogen and oxygen atoms in total. The van der Waals surface area contributed by atoms with E-state index in [9.17, 15) is 32.5 Å². The quantitative estimate of drug-likeness (QED) is 0.0468. The first kappa shape index (κ1) is 33.3. The molecule has 5 aromatic carbocycles. The van der Waals surface area contributed by atoms with E-state index in [4.69, 9.17) is 14.6 Å². The van der Waals surface area contributed by atoms with E-state index >= 15 is 0 Å². The van der Waals surface area contributed by atoms with Crippen LogP contribution in [0.1, 0.15) is 37.4 Å². The molecule has 0 spiro atoms. The first-order chi connectivity index (χ1) is 22.9. The Hall–Kier alpha value is -6.02. The number of benzene rings is 5. The molecule has 0 unspecified atom stereocenters. The summed E-state index contributed by atoms with van der Waals surface area (Å²) >= 11 is 0. The number of ether oxygens (including phenoxy) is 2. The van der Waals surface area contributed by atoms with Gasteiger partial charge in [0.15, 0.2) is 5.75 Å². The largest absolute Gasteiger partial charge is 0.478 e. The Labute approximate surface area is 274 Å². The number of fused-ring (bicyclic) bond motifs is 1. The van der Waals surface area contributed by atoms with E-state index in [2.05, 4.69) is 10.2 Å². The average molecular weight is 667 g/mol. The van der Waals surface area contributed by atoms with Crippen LogP contribution in [0.25, 0.3) is 16.8 Å². The van der Waals surface area contributed by atoms with Gasteiger partial charge in [-0.2, -0.15) is 8.42 Å². The summed E-state index contributed by atoms with van der Waals surface area (Å²) in [5, 5.41) is 28.0. The van der Waals surface area contributed by atoms with Gasteiger partial charge in [0.25, 0.3) is 10.1 Å². The number of aromatic carboxylic acids is 1. The number of rotatable bonds is 10. The molecule has 0 saturated heterocycles. The summed E-state index contributed by atoms with van der Waals surface area (Å²) < 4.78 is 44.6. The molecule has 0 aliphatic rings. The van der Waals surface area contributed by atoms with Crippen LogP contribution in [0.15, 0.2) is 118 Å². The number of hydrogen-bond donors (Lipinski definition) is 3. The first-order valence-electron chi connectivity index (χ1n) is 14.1. The molecular formula is C35H26N2O10S. The maximum Gasteiger partial charge on any atom is 0.343 e. The van der Waals surface area contributed by atoms with Gasteiger partial charge in [0.2, 0.25) is 0 Å². The molecule has 0 aliphatic heterocycles. The van der Waals surface area contributed by atoms with Crippen molar-refractivity contribution in [1.82, 2.24) is 0 Å². The fourth-order valence-corrected chi connectivity index (χ4v) is 5.25. The standard InChI is InChI=1S/C35H26N2O10S/c1-21-6-16-29(30(18-21)48(43,44)45)36-37-32-27-5-3-2-4-25(27)19-28(34(40)41)33(32)47-35(42)24-12-14-26(15-13-24)46-31(39)17-11-22-7-9-23(20-38)10-8-22/h2-19,38H,20H2,1H3,(H,40,41)(H,43,44,45). The summed E-state index contributed by atoms with van der Waals surface area (Å²) in [6.07, 6.45) is 2.75. The molecule has 0 saturated carbocycles. The summed E-state index contributed by atoms with van der Waals surface area (Å²) in [5.41, 5.74) is 1.12. The van der Waals surface area contributed by atoms with Crippen molar-refractivity contribution in [3.63, 3.8) is 0 Å². The van der Waals surface area contributed by atoms with E-state index in [1.54, 1.807) is 61.5 Å². The molecule has 13 heteroatoms. The number of aryl methyl sites for hydroxylation is 1. The van der Waals surface area contributed by atoms with Crippen molar-refractivity contribution in [2.75, 3.05) is 0 Å². The number of carboxylic acid groups (broad SMARTS) is 1. The Kier molecular flexibility index (Phi) is 9.85. The Bertz CT molecular complexity index is 2210. The minimum atomic E-state index is -4.70. The van der Waals surface area contributed by atoms with Crippen molar-refractivity contribution in [2.24, 2.45) is 10.2 Å². The number of carboxylic acids is 1. The monoisotopic (exact) mass is 666 g/mol. The van der Waals surface area contributed by atoms with Crippen LogP contribution in [0, 0.1) is 6.92 Å². The van der Waals surface area contributed by atoms with Crippen molar-refractivity contribution < 1.29 is 47.0 Å². The molecule has 0 aromatic heterocycles. The van der Waals surface area contributed by atoms with Gasteiger partial charge in [0.1, 0.15) is 27.6 Å². The van der Waals surface area contributed by atoms with Crippen LogP contribution in [0.3, 0.4) is 0 Å². The van der Waals surface area contributed by atoms with E-state index in [0.29, 0.717) is 21.9 Å². The number of aliphatic hydroxyl groups is 1. The highest BCUT2D eigenvalue weighted by Gasteiger charge is 2.24. The van der Waals surface area contributed by atoms with Gasteiger partial charge >= 0.3 is 17.9 Å². The van der Waals surface area contributed by atoms with Gasteiger partial charge in [0.05, 0.1) is 12.2 Å². The third kappa shape index (κ3) is 7.85. The van der Waals surface area contributed by atoms with Crippen LogP contribution in [-0.4, -0.2) is 41.1 Å².